The number of nitrogens with zero attached hydrogens (tertiary/aromatic N) is 1. The van der Waals surface area contributed by atoms with Gasteiger partial charge < -0.3 is 4.90 Å². The summed E-state index contributed by atoms with van der Waals surface area (Å²) in [6, 6.07) is 0. The molecular formula is C8H16BN. The van der Waals surface area contributed by atoms with Crippen LogP contribution in [0.15, 0.2) is 0 Å². The molecule has 0 amide bonds. The van der Waals surface area contributed by atoms with Gasteiger partial charge in [-0.3, -0.25) is 0 Å². The van der Waals surface area contributed by atoms with Crippen molar-refractivity contribution >= 4 is 7.85 Å². The van der Waals surface area contributed by atoms with Crippen molar-refractivity contribution < 1.29 is 0 Å². The van der Waals surface area contributed by atoms with Crippen molar-refractivity contribution in [1.82, 2.24) is 4.90 Å². The van der Waals surface area contributed by atoms with Gasteiger partial charge in [0.2, 0.25) is 0 Å². The first-order chi connectivity index (χ1) is 4.83. The molecule has 0 spiro atoms. The Morgan fingerprint density at radius 1 is 1.40 bits per heavy atom. The molecule has 2 radical (unpaired) electrons. The molecule has 10 heavy (non-hydrogen) atoms. The first kappa shape index (κ1) is 8.12. The van der Waals surface area contributed by atoms with E-state index in [9.17, 15) is 0 Å². The normalized spacial score (nSPS) is 23.3. The summed E-state index contributed by atoms with van der Waals surface area (Å²) in [6.07, 6.45) is 4.81. The van der Waals surface area contributed by atoms with Crippen molar-refractivity contribution in [2.24, 2.45) is 5.92 Å². The molecule has 0 bridgehead atoms. The fraction of sp³-hybridized carbons (Fsp3) is 1.00. The molecule has 1 rings (SSSR count). The Morgan fingerprint density at radius 3 is 2.50 bits per heavy atom. The van der Waals surface area contributed by atoms with Gasteiger partial charge >= 0.3 is 0 Å². The highest BCUT2D eigenvalue weighted by molar-refractivity contribution is 6.08. The minimum Gasteiger partial charge on any atom is -0.306 e. The van der Waals surface area contributed by atoms with E-state index in [1.54, 1.807) is 0 Å². The smallest absolute Gasteiger partial charge is 0.0653 e. The SMILES string of the molecule is [B]CCC1CCN(C)CC1. The van der Waals surface area contributed by atoms with Crippen molar-refractivity contribution in [2.45, 2.75) is 25.6 Å². The summed E-state index contributed by atoms with van der Waals surface area (Å²) < 4.78 is 0. The minimum atomic E-state index is 0.869. The van der Waals surface area contributed by atoms with Crippen molar-refractivity contribution in [2.75, 3.05) is 20.1 Å². The summed E-state index contributed by atoms with van der Waals surface area (Å²) in [5.74, 6) is 0.918. The van der Waals surface area contributed by atoms with Crippen LogP contribution in [0.3, 0.4) is 0 Å². The van der Waals surface area contributed by atoms with Crippen molar-refractivity contribution in [3.63, 3.8) is 0 Å². The lowest BCUT2D eigenvalue weighted by Gasteiger charge is -2.28. The highest BCUT2D eigenvalue weighted by Gasteiger charge is 2.14. The van der Waals surface area contributed by atoms with E-state index >= 15 is 0 Å². The summed E-state index contributed by atoms with van der Waals surface area (Å²) in [7, 11) is 7.67. The number of hydrogen-bond acceptors (Lipinski definition) is 1. The zero-order chi connectivity index (χ0) is 7.40. The molecule has 0 aromatic rings. The van der Waals surface area contributed by atoms with Gasteiger partial charge in [-0.05, 0) is 38.9 Å². The van der Waals surface area contributed by atoms with Crippen LogP contribution >= 0.6 is 0 Å². The van der Waals surface area contributed by atoms with Crippen molar-refractivity contribution in [1.29, 1.82) is 0 Å². The highest BCUT2D eigenvalue weighted by atomic mass is 15.1. The Balaban J connectivity index is 2.13. The van der Waals surface area contributed by atoms with Gasteiger partial charge in [-0.15, -0.1) is 0 Å². The lowest BCUT2D eigenvalue weighted by atomic mass is 9.87. The molecule has 1 heterocycles. The van der Waals surface area contributed by atoms with Crippen LogP contribution in [-0.2, 0) is 0 Å². The largest absolute Gasteiger partial charge is 0.306 e. The summed E-state index contributed by atoms with van der Waals surface area (Å²) in [5.41, 5.74) is 0. The van der Waals surface area contributed by atoms with Gasteiger partial charge in [0.05, 0.1) is 7.85 Å². The number of rotatable bonds is 2. The lowest BCUT2D eigenvalue weighted by Crippen LogP contribution is -2.30. The van der Waals surface area contributed by atoms with Gasteiger partial charge in [-0.25, -0.2) is 0 Å². The molecule has 1 saturated heterocycles. The van der Waals surface area contributed by atoms with Crippen LogP contribution in [-0.4, -0.2) is 32.9 Å². The molecule has 0 atom stereocenters. The molecule has 2 heteroatoms. The average molecular weight is 137 g/mol. The zero-order valence-electron chi connectivity index (χ0n) is 6.84. The van der Waals surface area contributed by atoms with Crippen LogP contribution in [0.1, 0.15) is 19.3 Å². The number of hydrogen-bond donors (Lipinski definition) is 0. The maximum absolute atomic E-state index is 5.48. The van der Waals surface area contributed by atoms with E-state index in [0.717, 1.165) is 12.2 Å². The molecular weight excluding hydrogens is 121 g/mol. The van der Waals surface area contributed by atoms with Gasteiger partial charge in [0.25, 0.3) is 0 Å². The molecule has 0 aliphatic carbocycles. The molecule has 0 N–H and O–H groups in total. The molecule has 1 nitrogen and oxygen atoms in total. The third-order valence-corrected chi connectivity index (χ3v) is 2.41. The maximum Gasteiger partial charge on any atom is 0.0653 e. The van der Waals surface area contributed by atoms with Gasteiger partial charge in [0.1, 0.15) is 0 Å². The highest BCUT2D eigenvalue weighted by Crippen LogP contribution is 2.19. The van der Waals surface area contributed by atoms with Gasteiger partial charge in [-0.1, -0.05) is 12.7 Å². The minimum absolute atomic E-state index is 0.869. The van der Waals surface area contributed by atoms with Crippen LogP contribution < -0.4 is 0 Å². The van der Waals surface area contributed by atoms with E-state index in [4.69, 9.17) is 7.85 Å². The maximum atomic E-state index is 5.48. The molecule has 0 aromatic carbocycles. The Kier molecular flexibility index (Phi) is 3.27. The third kappa shape index (κ3) is 2.33. The zero-order valence-corrected chi connectivity index (χ0v) is 6.84. The Hall–Kier alpha value is 0.0249. The van der Waals surface area contributed by atoms with Crippen LogP contribution in [0.5, 0.6) is 0 Å². The van der Waals surface area contributed by atoms with E-state index in [-0.39, 0.29) is 0 Å². The molecule has 1 fully saturated rings. The second-order valence-electron chi connectivity index (χ2n) is 3.32. The second kappa shape index (κ2) is 4.02. The lowest BCUT2D eigenvalue weighted by molar-refractivity contribution is 0.216. The molecule has 0 aromatic heterocycles. The van der Waals surface area contributed by atoms with E-state index < -0.39 is 0 Å². The second-order valence-corrected chi connectivity index (χ2v) is 3.32. The summed E-state index contributed by atoms with van der Waals surface area (Å²) in [5, 5.41) is 0. The van der Waals surface area contributed by atoms with Crippen molar-refractivity contribution in [3.05, 3.63) is 0 Å². The fourth-order valence-electron chi connectivity index (χ4n) is 1.59. The van der Waals surface area contributed by atoms with E-state index in [0.29, 0.717) is 0 Å². The average Bonchev–Trinajstić information content (AvgIpc) is 1.95. The van der Waals surface area contributed by atoms with Gasteiger partial charge in [0.15, 0.2) is 0 Å². The quantitative estimate of drug-likeness (QED) is 0.518. The Labute approximate surface area is 65.2 Å². The number of likely N-dealkylation sites (tertiary alicyclic amines) is 1. The Morgan fingerprint density at radius 2 is 2.00 bits per heavy atom. The van der Waals surface area contributed by atoms with Crippen molar-refractivity contribution in [3.8, 4) is 0 Å². The molecule has 1 aliphatic heterocycles. The van der Waals surface area contributed by atoms with Crippen LogP contribution in [0.25, 0.3) is 0 Å². The van der Waals surface area contributed by atoms with E-state index in [1.807, 2.05) is 0 Å². The predicted molar refractivity (Wildman–Crippen MR) is 45.4 cm³/mol. The van der Waals surface area contributed by atoms with E-state index in [2.05, 4.69) is 11.9 Å². The summed E-state index contributed by atoms with van der Waals surface area (Å²) >= 11 is 0. The molecule has 56 valence electrons. The summed E-state index contributed by atoms with van der Waals surface area (Å²) in [6.45, 7) is 2.54. The monoisotopic (exact) mass is 137 g/mol. The standard InChI is InChI=1S/C8H16BN/c1-10-6-3-8(2-5-9)4-7-10/h8H,2-7H2,1H3. The predicted octanol–water partition coefficient (Wildman–Crippen LogP) is 1.31. The van der Waals surface area contributed by atoms with Crippen LogP contribution in [0.4, 0.5) is 0 Å². The van der Waals surface area contributed by atoms with E-state index in [1.165, 1.54) is 32.4 Å². The van der Waals surface area contributed by atoms with Crippen LogP contribution in [0, 0.1) is 5.92 Å². The van der Waals surface area contributed by atoms with Crippen LogP contribution in [0.2, 0.25) is 6.32 Å². The number of piperidine rings is 1. The molecule has 0 saturated carbocycles. The first-order valence-electron chi connectivity index (χ1n) is 4.21. The van der Waals surface area contributed by atoms with Gasteiger partial charge in [-0.2, -0.15) is 0 Å². The molecule has 0 unspecified atom stereocenters. The Bertz CT molecular complexity index is 87.3. The molecule has 1 aliphatic rings. The fourth-order valence-corrected chi connectivity index (χ4v) is 1.59. The third-order valence-electron chi connectivity index (χ3n) is 2.41. The summed E-state index contributed by atoms with van der Waals surface area (Å²) in [4.78, 5) is 2.40. The topological polar surface area (TPSA) is 3.24 Å². The van der Waals surface area contributed by atoms with Gasteiger partial charge in [0, 0.05) is 0 Å². The first-order valence-corrected chi connectivity index (χ1v) is 4.21.